The fraction of sp³-hybridized carbons (Fsp3) is 0.400. The van der Waals surface area contributed by atoms with E-state index in [1.807, 2.05) is 24.3 Å². The maximum Gasteiger partial charge on any atom is 0.0705 e. The van der Waals surface area contributed by atoms with Gasteiger partial charge in [-0.25, -0.2) is 0 Å². The summed E-state index contributed by atoms with van der Waals surface area (Å²) in [7, 11) is 0. The third kappa shape index (κ3) is 2.83. The zero-order valence-electron chi connectivity index (χ0n) is 10.4. The Kier molecular flexibility index (Phi) is 3.75. The lowest BCUT2D eigenvalue weighted by Crippen LogP contribution is -2.20. The summed E-state index contributed by atoms with van der Waals surface area (Å²) in [5.74, 6) is 0.322. The van der Waals surface area contributed by atoms with Crippen LogP contribution in [-0.2, 0) is 6.42 Å². The lowest BCUT2D eigenvalue weighted by Gasteiger charge is -2.16. The van der Waals surface area contributed by atoms with Gasteiger partial charge in [-0.3, -0.25) is 4.98 Å². The number of para-hydroxylation sites is 1. The topological polar surface area (TPSA) is 33.1 Å². The Morgan fingerprint density at radius 2 is 1.94 bits per heavy atom. The van der Waals surface area contributed by atoms with Gasteiger partial charge in [0.25, 0.3) is 0 Å². The molecule has 90 valence electrons. The molecule has 2 heteroatoms. The average Bonchev–Trinajstić information content (AvgIpc) is 2.37. The molecule has 0 bridgehead atoms. The van der Waals surface area contributed by atoms with E-state index in [9.17, 15) is 5.11 Å². The maximum absolute atomic E-state index is 10.0. The Morgan fingerprint density at radius 1 is 1.18 bits per heavy atom. The van der Waals surface area contributed by atoms with Crippen LogP contribution < -0.4 is 0 Å². The summed E-state index contributed by atoms with van der Waals surface area (Å²) in [6.07, 6.45) is 1.34. The number of aliphatic hydroxyl groups is 1. The van der Waals surface area contributed by atoms with E-state index < -0.39 is 0 Å². The van der Waals surface area contributed by atoms with E-state index in [0.717, 1.165) is 23.0 Å². The molecule has 1 aromatic carbocycles. The second-order valence-corrected chi connectivity index (χ2v) is 4.65. The molecule has 1 heterocycles. The van der Waals surface area contributed by atoms with Gasteiger partial charge in [0.05, 0.1) is 11.6 Å². The van der Waals surface area contributed by atoms with Gasteiger partial charge in [0.2, 0.25) is 0 Å². The Bertz CT molecular complexity index is 495. The monoisotopic (exact) mass is 229 g/mol. The van der Waals surface area contributed by atoms with Crippen LogP contribution in [0.2, 0.25) is 0 Å². The molecular weight excluding hydrogens is 210 g/mol. The zero-order chi connectivity index (χ0) is 12.3. The normalized spacial score (nSPS) is 14.8. The van der Waals surface area contributed by atoms with Crippen molar-refractivity contribution in [3.63, 3.8) is 0 Å². The van der Waals surface area contributed by atoms with E-state index in [2.05, 4.69) is 31.0 Å². The third-order valence-corrected chi connectivity index (χ3v) is 3.38. The number of pyridine rings is 1. The van der Waals surface area contributed by atoms with Gasteiger partial charge >= 0.3 is 0 Å². The number of hydrogen-bond donors (Lipinski definition) is 1. The van der Waals surface area contributed by atoms with E-state index in [-0.39, 0.29) is 6.10 Å². The van der Waals surface area contributed by atoms with Crippen molar-refractivity contribution in [1.29, 1.82) is 0 Å². The largest absolute Gasteiger partial charge is 0.392 e. The summed E-state index contributed by atoms with van der Waals surface area (Å²) < 4.78 is 0. The highest BCUT2D eigenvalue weighted by atomic mass is 16.3. The van der Waals surface area contributed by atoms with Gasteiger partial charge in [-0.05, 0) is 18.1 Å². The van der Waals surface area contributed by atoms with Crippen molar-refractivity contribution < 1.29 is 5.11 Å². The molecular formula is C15H19NO. The Morgan fingerprint density at radius 3 is 2.71 bits per heavy atom. The maximum atomic E-state index is 10.0. The molecule has 0 saturated heterocycles. The second-order valence-electron chi connectivity index (χ2n) is 4.65. The quantitative estimate of drug-likeness (QED) is 0.873. The van der Waals surface area contributed by atoms with E-state index >= 15 is 0 Å². The second kappa shape index (κ2) is 5.28. The molecule has 0 saturated carbocycles. The molecule has 2 aromatic rings. The van der Waals surface area contributed by atoms with Gasteiger partial charge in [0.1, 0.15) is 0 Å². The number of benzene rings is 1. The van der Waals surface area contributed by atoms with Crippen molar-refractivity contribution in [2.24, 2.45) is 5.92 Å². The van der Waals surface area contributed by atoms with Crippen LogP contribution in [0.1, 0.15) is 26.0 Å². The van der Waals surface area contributed by atoms with Gasteiger partial charge in [-0.15, -0.1) is 0 Å². The van der Waals surface area contributed by atoms with Gasteiger partial charge in [-0.2, -0.15) is 0 Å². The molecule has 2 unspecified atom stereocenters. The van der Waals surface area contributed by atoms with Crippen molar-refractivity contribution in [3.8, 4) is 0 Å². The first kappa shape index (κ1) is 12.1. The number of aromatic nitrogens is 1. The fourth-order valence-electron chi connectivity index (χ4n) is 1.91. The highest BCUT2D eigenvalue weighted by Crippen LogP contribution is 2.16. The summed E-state index contributed by atoms with van der Waals surface area (Å²) in [5, 5.41) is 11.2. The number of rotatable bonds is 4. The molecule has 0 aliphatic rings. The molecule has 1 aromatic heterocycles. The number of aliphatic hydroxyl groups excluding tert-OH is 1. The van der Waals surface area contributed by atoms with E-state index in [4.69, 9.17) is 0 Å². The minimum Gasteiger partial charge on any atom is -0.392 e. The predicted molar refractivity (Wildman–Crippen MR) is 70.9 cm³/mol. The summed E-state index contributed by atoms with van der Waals surface area (Å²) in [5.41, 5.74) is 1.97. The number of hydrogen-bond acceptors (Lipinski definition) is 2. The summed E-state index contributed by atoms with van der Waals surface area (Å²) in [6, 6.07) is 12.1. The van der Waals surface area contributed by atoms with Gasteiger partial charge < -0.3 is 5.11 Å². The van der Waals surface area contributed by atoms with Crippen LogP contribution in [0, 0.1) is 5.92 Å². The molecule has 2 nitrogen and oxygen atoms in total. The van der Waals surface area contributed by atoms with Crippen molar-refractivity contribution in [2.45, 2.75) is 32.8 Å². The molecule has 0 aliphatic heterocycles. The van der Waals surface area contributed by atoms with Crippen LogP contribution in [0.3, 0.4) is 0 Å². The van der Waals surface area contributed by atoms with Crippen molar-refractivity contribution in [1.82, 2.24) is 4.98 Å². The molecule has 0 fully saturated rings. The first-order valence-corrected chi connectivity index (χ1v) is 6.23. The van der Waals surface area contributed by atoms with Crippen LogP contribution in [0.25, 0.3) is 10.9 Å². The van der Waals surface area contributed by atoms with Crippen LogP contribution in [0.5, 0.6) is 0 Å². The summed E-state index contributed by atoms with van der Waals surface area (Å²) in [4.78, 5) is 4.57. The number of nitrogens with zero attached hydrogens (tertiary/aromatic N) is 1. The first-order chi connectivity index (χ1) is 8.20. The standard InChI is InChI=1S/C15H19NO/c1-3-11(2)15(17)10-13-9-8-12-6-4-5-7-14(12)16-13/h4-9,11,15,17H,3,10H2,1-2H3. The zero-order valence-corrected chi connectivity index (χ0v) is 10.4. The van der Waals surface area contributed by atoms with Crippen molar-refractivity contribution >= 4 is 10.9 Å². The number of fused-ring (bicyclic) bond motifs is 1. The molecule has 0 spiro atoms. The molecule has 2 rings (SSSR count). The van der Waals surface area contributed by atoms with Crippen LogP contribution in [0.4, 0.5) is 0 Å². The van der Waals surface area contributed by atoms with Gasteiger partial charge in [0, 0.05) is 17.5 Å². The SMILES string of the molecule is CCC(C)C(O)Cc1ccc2ccccc2n1. The average molecular weight is 229 g/mol. The highest BCUT2D eigenvalue weighted by molar-refractivity contribution is 5.78. The fourth-order valence-corrected chi connectivity index (χ4v) is 1.91. The Balaban J connectivity index is 2.19. The van der Waals surface area contributed by atoms with E-state index in [1.165, 1.54) is 0 Å². The minimum absolute atomic E-state index is 0.298. The van der Waals surface area contributed by atoms with Gasteiger partial charge in [-0.1, -0.05) is 44.5 Å². The lowest BCUT2D eigenvalue weighted by atomic mass is 9.97. The van der Waals surface area contributed by atoms with E-state index in [1.54, 1.807) is 0 Å². The molecule has 1 N–H and O–H groups in total. The third-order valence-electron chi connectivity index (χ3n) is 3.38. The van der Waals surface area contributed by atoms with Crippen molar-refractivity contribution in [2.75, 3.05) is 0 Å². The summed E-state index contributed by atoms with van der Waals surface area (Å²) >= 11 is 0. The predicted octanol–water partition coefficient (Wildman–Crippen LogP) is 3.18. The Labute approximate surface area is 102 Å². The van der Waals surface area contributed by atoms with E-state index in [0.29, 0.717) is 12.3 Å². The Hall–Kier alpha value is -1.41. The first-order valence-electron chi connectivity index (χ1n) is 6.23. The smallest absolute Gasteiger partial charge is 0.0705 e. The van der Waals surface area contributed by atoms with Crippen LogP contribution in [-0.4, -0.2) is 16.2 Å². The van der Waals surface area contributed by atoms with Crippen LogP contribution >= 0.6 is 0 Å². The molecule has 0 radical (unpaired) electrons. The van der Waals surface area contributed by atoms with Crippen LogP contribution in [0.15, 0.2) is 36.4 Å². The minimum atomic E-state index is -0.298. The van der Waals surface area contributed by atoms with Gasteiger partial charge in [0.15, 0.2) is 0 Å². The lowest BCUT2D eigenvalue weighted by molar-refractivity contribution is 0.114. The molecule has 2 atom stereocenters. The molecule has 0 aliphatic carbocycles. The molecule has 17 heavy (non-hydrogen) atoms. The molecule has 0 amide bonds. The summed E-state index contributed by atoms with van der Waals surface area (Å²) in [6.45, 7) is 4.17. The highest BCUT2D eigenvalue weighted by Gasteiger charge is 2.13. The van der Waals surface area contributed by atoms with Crippen molar-refractivity contribution in [3.05, 3.63) is 42.1 Å².